The number of aromatic nitrogens is 2. The average Bonchev–Trinajstić information content (AvgIpc) is 2.85. The summed E-state index contributed by atoms with van der Waals surface area (Å²) in [5.74, 6) is 0. The Labute approximate surface area is 90.3 Å². The van der Waals surface area contributed by atoms with E-state index in [0.717, 1.165) is 25.8 Å². The van der Waals surface area contributed by atoms with Crippen LogP contribution in [0.15, 0.2) is 12.3 Å². The second-order valence-corrected chi connectivity index (χ2v) is 4.26. The fraction of sp³-hybridized carbons (Fsp3) is 0.727. The van der Waals surface area contributed by atoms with Gasteiger partial charge in [0.2, 0.25) is 0 Å². The maximum Gasteiger partial charge on any atom is 0.0696 e. The number of nitrogens with one attached hydrogen (secondary N) is 1. The number of rotatable bonds is 4. The van der Waals surface area contributed by atoms with Crippen molar-refractivity contribution in [1.29, 1.82) is 0 Å². The molecule has 84 valence electrons. The molecule has 4 nitrogen and oxygen atoms in total. The monoisotopic (exact) mass is 209 g/mol. The van der Waals surface area contributed by atoms with Gasteiger partial charge < -0.3 is 10.4 Å². The van der Waals surface area contributed by atoms with Gasteiger partial charge in [-0.1, -0.05) is 0 Å². The molecule has 2 unspecified atom stereocenters. The van der Waals surface area contributed by atoms with Crippen LogP contribution in [0.4, 0.5) is 0 Å². The minimum absolute atomic E-state index is 0.220. The highest BCUT2D eigenvalue weighted by atomic mass is 16.3. The van der Waals surface area contributed by atoms with E-state index < -0.39 is 0 Å². The molecule has 2 rings (SSSR count). The zero-order chi connectivity index (χ0) is 10.7. The molecule has 1 fully saturated rings. The van der Waals surface area contributed by atoms with Gasteiger partial charge in [0.05, 0.1) is 6.10 Å². The SMILES string of the molecule is Cn1nccc1CCC(O)C1CCCN1. The first-order valence-electron chi connectivity index (χ1n) is 5.65. The van der Waals surface area contributed by atoms with Gasteiger partial charge >= 0.3 is 0 Å². The summed E-state index contributed by atoms with van der Waals surface area (Å²) in [6.07, 6.45) is 5.59. The smallest absolute Gasteiger partial charge is 0.0696 e. The Morgan fingerprint density at radius 3 is 3.20 bits per heavy atom. The number of aliphatic hydroxyl groups excluding tert-OH is 1. The first-order chi connectivity index (χ1) is 7.27. The number of hydrogen-bond acceptors (Lipinski definition) is 3. The largest absolute Gasteiger partial charge is 0.391 e. The maximum atomic E-state index is 9.95. The Hall–Kier alpha value is -0.870. The summed E-state index contributed by atoms with van der Waals surface area (Å²) in [5.41, 5.74) is 1.19. The fourth-order valence-electron chi connectivity index (χ4n) is 2.18. The number of aryl methyl sites for hydroxylation is 2. The van der Waals surface area contributed by atoms with Gasteiger partial charge in [-0.2, -0.15) is 5.10 Å². The second kappa shape index (κ2) is 4.77. The van der Waals surface area contributed by atoms with Crippen LogP contribution in [0.25, 0.3) is 0 Å². The van der Waals surface area contributed by atoms with Crippen molar-refractivity contribution in [3.8, 4) is 0 Å². The predicted octanol–water partition coefficient (Wildman–Crippen LogP) is 0.466. The molecule has 0 radical (unpaired) electrons. The molecule has 1 aromatic rings. The zero-order valence-electron chi connectivity index (χ0n) is 9.19. The molecule has 0 amide bonds. The standard InChI is InChI=1S/C11H19N3O/c1-14-9(6-8-13-14)4-5-11(15)10-3-2-7-12-10/h6,8,10-12,15H,2-5,7H2,1H3. The van der Waals surface area contributed by atoms with Crippen LogP contribution in [-0.4, -0.2) is 33.6 Å². The summed E-state index contributed by atoms with van der Waals surface area (Å²) in [6.45, 7) is 1.05. The van der Waals surface area contributed by atoms with Crippen LogP contribution < -0.4 is 5.32 Å². The third-order valence-electron chi connectivity index (χ3n) is 3.18. The van der Waals surface area contributed by atoms with Gasteiger partial charge in [-0.25, -0.2) is 0 Å². The number of nitrogens with zero attached hydrogens (tertiary/aromatic N) is 2. The highest BCUT2D eigenvalue weighted by molar-refractivity contribution is 5.00. The summed E-state index contributed by atoms with van der Waals surface area (Å²) in [5, 5.41) is 17.4. The Kier molecular flexibility index (Phi) is 3.38. The lowest BCUT2D eigenvalue weighted by atomic mass is 10.0. The highest BCUT2D eigenvalue weighted by Gasteiger charge is 2.22. The average molecular weight is 209 g/mol. The molecule has 0 aromatic carbocycles. The molecule has 15 heavy (non-hydrogen) atoms. The van der Waals surface area contributed by atoms with Crippen LogP contribution in [0.3, 0.4) is 0 Å². The lowest BCUT2D eigenvalue weighted by Crippen LogP contribution is -2.35. The van der Waals surface area contributed by atoms with Crippen molar-refractivity contribution >= 4 is 0 Å². The van der Waals surface area contributed by atoms with Crippen molar-refractivity contribution in [2.45, 2.75) is 37.8 Å². The van der Waals surface area contributed by atoms with Gasteiger partial charge in [0, 0.05) is 25.0 Å². The fourth-order valence-corrected chi connectivity index (χ4v) is 2.18. The topological polar surface area (TPSA) is 50.1 Å². The molecule has 0 saturated carbocycles. The van der Waals surface area contributed by atoms with Gasteiger partial charge in [0.1, 0.15) is 0 Å². The molecule has 0 bridgehead atoms. The second-order valence-electron chi connectivity index (χ2n) is 4.26. The van der Waals surface area contributed by atoms with E-state index in [1.54, 1.807) is 6.20 Å². The third kappa shape index (κ3) is 2.58. The molecule has 0 spiro atoms. The summed E-state index contributed by atoms with van der Waals surface area (Å²) < 4.78 is 1.87. The molecule has 2 heterocycles. The minimum atomic E-state index is -0.220. The van der Waals surface area contributed by atoms with Gasteiger partial charge in [-0.05, 0) is 38.3 Å². The van der Waals surface area contributed by atoms with E-state index >= 15 is 0 Å². The van der Waals surface area contributed by atoms with Gasteiger partial charge in [0.25, 0.3) is 0 Å². The molecule has 0 aliphatic carbocycles. The number of aliphatic hydroxyl groups is 1. The van der Waals surface area contributed by atoms with E-state index in [0.29, 0.717) is 6.04 Å². The van der Waals surface area contributed by atoms with E-state index in [-0.39, 0.29) is 6.10 Å². The van der Waals surface area contributed by atoms with Crippen LogP contribution in [0.2, 0.25) is 0 Å². The van der Waals surface area contributed by atoms with Crippen LogP contribution in [0, 0.1) is 0 Å². The molecule has 2 atom stereocenters. The summed E-state index contributed by atoms with van der Waals surface area (Å²) >= 11 is 0. The van der Waals surface area contributed by atoms with E-state index in [4.69, 9.17) is 0 Å². The molecule has 2 N–H and O–H groups in total. The Morgan fingerprint density at radius 2 is 2.60 bits per heavy atom. The predicted molar refractivity (Wildman–Crippen MR) is 58.6 cm³/mol. The lowest BCUT2D eigenvalue weighted by Gasteiger charge is -2.17. The van der Waals surface area contributed by atoms with Crippen molar-refractivity contribution in [3.05, 3.63) is 18.0 Å². The van der Waals surface area contributed by atoms with E-state index in [2.05, 4.69) is 10.4 Å². The lowest BCUT2D eigenvalue weighted by molar-refractivity contribution is 0.126. The summed E-state index contributed by atoms with van der Waals surface area (Å²) in [7, 11) is 1.94. The van der Waals surface area contributed by atoms with Crippen molar-refractivity contribution < 1.29 is 5.11 Å². The van der Waals surface area contributed by atoms with Crippen molar-refractivity contribution in [3.63, 3.8) is 0 Å². The third-order valence-corrected chi connectivity index (χ3v) is 3.18. The maximum absolute atomic E-state index is 9.95. The van der Waals surface area contributed by atoms with E-state index in [1.807, 2.05) is 17.8 Å². The molecule has 1 aromatic heterocycles. The Balaban J connectivity index is 1.80. The molecular weight excluding hydrogens is 190 g/mol. The first-order valence-corrected chi connectivity index (χ1v) is 5.65. The summed E-state index contributed by atoms with van der Waals surface area (Å²) in [4.78, 5) is 0. The van der Waals surface area contributed by atoms with Gasteiger partial charge in [-0.3, -0.25) is 4.68 Å². The quantitative estimate of drug-likeness (QED) is 0.757. The van der Waals surface area contributed by atoms with Gasteiger partial charge in [-0.15, -0.1) is 0 Å². The number of hydrogen-bond donors (Lipinski definition) is 2. The molecular formula is C11H19N3O. The molecule has 1 saturated heterocycles. The van der Waals surface area contributed by atoms with Crippen LogP contribution in [0.5, 0.6) is 0 Å². The molecule has 1 aliphatic heterocycles. The first kappa shape index (κ1) is 10.6. The normalized spacial score (nSPS) is 23.2. The Morgan fingerprint density at radius 1 is 1.73 bits per heavy atom. The Bertz CT molecular complexity index is 305. The van der Waals surface area contributed by atoms with Crippen molar-refractivity contribution in [2.24, 2.45) is 7.05 Å². The zero-order valence-corrected chi connectivity index (χ0v) is 9.19. The minimum Gasteiger partial charge on any atom is -0.391 e. The van der Waals surface area contributed by atoms with Crippen LogP contribution in [-0.2, 0) is 13.5 Å². The highest BCUT2D eigenvalue weighted by Crippen LogP contribution is 2.13. The van der Waals surface area contributed by atoms with E-state index in [1.165, 1.54) is 12.1 Å². The molecule has 1 aliphatic rings. The van der Waals surface area contributed by atoms with Crippen LogP contribution >= 0.6 is 0 Å². The van der Waals surface area contributed by atoms with E-state index in [9.17, 15) is 5.11 Å². The van der Waals surface area contributed by atoms with Crippen LogP contribution in [0.1, 0.15) is 25.0 Å². The van der Waals surface area contributed by atoms with Gasteiger partial charge in [0.15, 0.2) is 0 Å². The van der Waals surface area contributed by atoms with Crippen molar-refractivity contribution in [1.82, 2.24) is 15.1 Å². The van der Waals surface area contributed by atoms with Crippen molar-refractivity contribution in [2.75, 3.05) is 6.54 Å². The molecule has 4 heteroatoms. The summed E-state index contributed by atoms with van der Waals surface area (Å²) in [6, 6.07) is 2.31.